The zero-order chi connectivity index (χ0) is 12.8. The van der Waals surface area contributed by atoms with E-state index in [1.54, 1.807) is 6.92 Å². The lowest BCUT2D eigenvalue weighted by atomic mass is 9.90. The fourth-order valence-electron chi connectivity index (χ4n) is 1.15. The zero-order valence-electron chi connectivity index (χ0n) is 10.0. The molecule has 6 heteroatoms. The van der Waals surface area contributed by atoms with Crippen LogP contribution in [0.15, 0.2) is 0 Å². The lowest BCUT2D eigenvalue weighted by Crippen LogP contribution is -2.48. The van der Waals surface area contributed by atoms with Crippen LogP contribution in [0, 0.1) is 5.41 Å². The Kier molecular flexibility index (Phi) is 5.81. The summed E-state index contributed by atoms with van der Waals surface area (Å²) in [6.45, 7) is 5.96. The normalized spacial score (nSPS) is 13.0. The molecule has 1 atom stereocenters. The van der Waals surface area contributed by atoms with Gasteiger partial charge in [-0.15, -0.1) is 0 Å². The summed E-state index contributed by atoms with van der Waals surface area (Å²) in [5.74, 6) is -0.287. The van der Waals surface area contributed by atoms with Crippen molar-refractivity contribution in [2.24, 2.45) is 11.1 Å². The predicted molar refractivity (Wildman–Crippen MR) is 60.7 cm³/mol. The van der Waals surface area contributed by atoms with Gasteiger partial charge in [0.05, 0.1) is 0 Å². The number of nitrogens with two attached hydrogens (primary N) is 1. The molecule has 0 aromatic carbocycles. The average Bonchev–Trinajstić information content (AvgIpc) is 2.13. The Morgan fingerprint density at radius 2 is 2.00 bits per heavy atom. The van der Waals surface area contributed by atoms with Crippen molar-refractivity contribution in [3.63, 3.8) is 0 Å². The van der Waals surface area contributed by atoms with Gasteiger partial charge in [-0.05, 0) is 18.8 Å². The molecular formula is C10H21N3O3. The molecule has 0 heterocycles. The number of hydrogen-bond donors (Lipinski definition) is 4. The third kappa shape index (κ3) is 6.23. The van der Waals surface area contributed by atoms with E-state index < -0.39 is 12.1 Å². The van der Waals surface area contributed by atoms with E-state index in [1.807, 2.05) is 13.8 Å². The molecule has 0 aliphatic rings. The van der Waals surface area contributed by atoms with Crippen LogP contribution in [0.25, 0.3) is 0 Å². The van der Waals surface area contributed by atoms with E-state index in [2.05, 4.69) is 10.6 Å². The van der Waals surface area contributed by atoms with E-state index in [1.165, 1.54) is 0 Å². The molecule has 0 aromatic rings. The van der Waals surface area contributed by atoms with Crippen molar-refractivity contribution in [2.45, 2.75) is 33.2 Å². The van der Waals surface area contributed by atoms with Crippen LogP contribution in [0.1, 0.15) is 27.2 Å². The molecule has 0 spiro atoms. The summed E-state index contributed by atoms with van der Waals surface area (Å²) >= 11 is 0. The highest BCUT2D eigenvalue weighted by molar-refractivity contribution is 5.86. The average molecular weight is 231 g/mol. The fourth-order valence-corrected chi connectivity index (χ4v) is 1.15. The van der Waals surface area contributed by atoms with Gasteiger partial charge in [0, 0.05) is 13.2 Å². The van der Waals surface area contributed by atoms with Gasteiger partial charge in [0.15, 0.2) is 0 Å². The van der Waals surface area contributed by atoms with Gasteiger partial charge in [-0.25, -0.2) is 4.79 Å². The molecule has 0 saturated heterocycles. The van der Waals surface area contributed by atoms with E-state index in [0.29, 0.717) is 13.0 Å². The Labute approximate surface area is 95.6 Å². The van der Waals surface area contributed by atoms with E-state index in [-0.39, 0.29) is 17.9 Å². The third-order valence-electron chi connectivity index (χ3n) is 2.28. The molecule has 0 rings (SSSR count). The lowest BCUT2D eigenvalue weighted by Gasteiger charge is -2.24. The molecule has 0 bridgehead atoms. The lowest BCUT2D eigenvalue weighted by molar-refractivity contribution is -0.123. The van der Waals surface area contributed by atoms with E-state index in [9.17, 15) is 9.59 Å². The van der Waals surface area contributed by atoms with Crippen molar-refractivity contribution in [1.82, 2.24) is 10.6 Å². The second-order valence-electron chi connectivity index (χ2n) is 4.59. The predicted octanol–water partition coefficient (Wildman–Crippen LogP) is -0.432. The largest absolute Gasteiger partial charge is 0.396 e. The first-order chi connectivity index (χ1) is 7.28. The van der Waals surface area contributed by atoms with Crippen LogP contribution in [0.2, 0.25) is 0 Å². The Bertz CT molecular complexity index is 254. The van der Waals surface area contributed by atoms with Crippen LogP contribution < -0.4 is 16.4 Å². The smallest absolute Gasteiger partial charge is 0.312 e. The standard InChI is InChI=1S/C10H21N3O3/c1-7(13-9(11)16)8(15)12-6-10(2,3)4-5-14/h7,14H,4-6H2,1-3H3,(H,12,15)(H3,11,13,16). The summed E-state index contributed by atoms with van der Waals surface area (Å²) in [5.41, 5.74) is 4.73. The fraction of sp³-hybridized carbons (Fsp3) is 0.800. The molecule has 0 aromatic heterocycles. The van der Waals surface area contributed by atoms with E-state index in [4.69, 9.17) is 10.8 Å². The minimum atomic E-state index is -0.725. The van der Waals surface area contributed by atoms with Gasteiger partial charge in [-0.1, -0.05) is 13.8 Å². The molecule has 94 valence electrons. The number of amides is 3. The van der Waals surface area contributed by atoms with Crippen LogP contribution in [0.3, 0.4) is 0 Å². The summed E-state index contributed by atoms with van der Waals surface area (Å²) in [5, 5.41) is 13.8. The van der Waals surface area contributed by atoms with Crippen LogP contribution in [-0.2, 0) is 4.79 Å². The molecule has 0 fully saturated rings. The number of rotatable bonds is 6. The summed E-state index contributed by atoms with van der Waals surface area (Å²) < 4.78 is 0. The molecule has 0 saturated carbocycles. The van der Waals surface area contributed by atoms with Gasteiger partial charge in [-0.3, -0.25) is 4.79 Å². The molecule has 1 unspecified atom stereocenters. The highest BCUT2D eigenvalue weighted by atomic mass is 16.3. The number of aliphatic hydroxyl groups is 1. The van der Waals surface area contributed by atoms with Crippen LogP contribution in [0.5, 0.6) is 0 Å². The van der Waals surface area contributed by atoms with Crippen molar-refractivity contribution >= 4 is 11.9 Å². The zero-order valence-corrected chi connectivity index (χ0v) is 10.0. The number of primary amides is 1. The number of carbonyl (C=O) groups excluding carboxylic acids is 2. The highest BCUT2D eigenvalue weighted by Crippen LogP contribution is 2.17. The van der Waals surface area contributed by atoms with Crippen LogP contribution in [0.4, 0.5) is 4.79 Å². The Morgan fingerprint density at radius 1 is 1.44 bits per heavy atom. The maximum atomic E-state index is 11.5. The minimum Gasteiger partial charge on any atom is -0.396 e. The van der Waals surface area contributed by atoms with Crippen molar-refractivity contribution in [2.75, 3.05) is 13.2 Å². The molecule has 5 N–H and O–H groups in total. The Balaban J connectivity index is 4.01. The Morgan fingerprint density at radius 3 is 2.44 bits per heavy atom. The number of hydrogen-bond acceptors (Lipinski definition) is 3. The molecular weight excluding hydrogens is 210 g/mol. The first kappa shape index (κ1) is 14.7. The van der Waals surface area contributed by atoms with Gasteiger partial charge in [-0.2, -0.15) is 0 Å². The van der Waals surface area contributed by atoms with Crippen molar-refractivity contribution in [3.05, 3.63) is 0 Å². The number of carbonyl (C=O) groups is 2. The monoisotopic (exact) mass is 231 g/mol. The second-order valence-corrected chi connectivity index (χ2v) is 4.59. The van der Waals surface area contributed by atoms with Gasteiger partial charge in [0.25, 0.3) is 0 Å². The topological polar surface area (TPSA) is 104 Å². The van der Waals surface area contributed by atoms with Crippen LogP contribution in [-0.4, -0.2) is 36.2 Å². The van der Waals surface area contributed by atoms with Gasteiger partial charge >= 0.3 is 6.03 Å². The van der Waals surface area contributed by atoms with Crippen molar-refractivity contribution in [1.29, 1.82) is 0 Å². The van der Waals surface area contributed by atoms with Crippen LogP contribution >= 0.6 is 0 Å². The van der Waals surface area contributed by atoms with E-state index in [0.717, 1.165) is 0 Å². The van der Waals surface area contributed by atoms with E-state index >= 15 is 0 Å². The third-order valence-corrected chi connectivity index (χ3v) is 2.28. The maximum absolute atomic E-state index is 11.5. The highest BCUT2D eigenvalue weighted by Gasteiger charge is 2.20. The molecule has 0 aliphatic heterocycles. The second kappa shape index (κ2) is 6.32. The number of nitrogens with one attached hydrogen (secondary N) is 2. The number of aliphatic hydroxyl groups excluding tert-OH is 1. The quantitative estimate of drug-likeness (QED) is 0.498. The summed E-state index contributed by atoms with van der Waals surface area (Å²) in [6.07, 6.45) is 0.602. The Hall–Kier alpha value is -1.30. The summed E-state index contributed by atoms with van der Waals surface area (Å²) in [7, 11) is 0. The van der Waals surface area contributed by atoms with Gasteiger partial charge in [0.1, 0.15) is 6.04 Å². The first-order valence-corrected chi connectivity index (χ1v) is 5.23. The molecule has 6 nitrogen and oxygen atoms in total. The van der Waals surface area contributed by atoms with Crippen molar-refractivity contribution in [3.8, 4) is 0 Å². The minimum absolute atomic E-state index is 0.0813. The summed E-state index contributed by atoms with van der Waals surface area (Å²) in [4.78, 5) is 22.0. The maximum Gasteiger partial charge on any atom is 0.312 e. The SMILES string of the molecule is CC(NC(N)=O)C(=O)NCC(C)(C)CCO. The molecule has 0 radical (unpaired) electrons. The molecule has 16 heavy (non-hydrogen) atoms. The summed E-state index contributed by atoms with van der Waals surface area (Å²) in [6, 6.07) is -1.38. The van der Waals surface area contributed by atoms with Gasteiger partial charge < -0.3 is 21.5 Å². The van der Waals surface area contributed by atoms with Crippen molar-refractivity contribution < 1.29 is 14.7 Å². The van der Waals surface area contributed by atoms with Gasteiger partial charge in [0.2, 0.25) is 5.91 Å². The first-order valence-electron chi connectivity index (χ1n) is 5.23. The number of urea groups is 1. The molecule has 0 aliphatic carbocycles. The molecule has 3 amide bonds.